The Kier molecular flexibility index (Phi) is 1.08. The molecule has 1 heterocycles. The minimum absolute atomic E-state index is 0.536. The molecule has 1 unspecified atom stereocenters. The Labute approximate surface area is 55.8 Å². The van der Waals surface area contributed by atoms with Crippen molar-refractivity contribution in [1.29, 1.82) is 0 Å². The summed E-state index contributed by atoms with van der Waals surface area (Å²) in [6, 6.07) is 0. The van der Waals surface area contributed by atoms with Gasteiger partial charge in [0, 0.05) is 5.54 Å². The van der Waals surface area contributed by atoms with Crippen LogP contribution in [0.2, 0.25) is 0 Å². The largest absolute Gasteiger partial charge is 0.330 e. The van der Waals surface area contributed by atoms with Crippen molar-refractivity contribution in [2.24, 2.45) is 11.7 Å². The summed E-state index contributed by atoms with van der Waals surface area (Å²) in [4.78, 5) is 0. The van der Waals surface area contributed by atoms with Crippen LogP contribution in [-0.2, 0) is 0 Å². The monoisotopic (exact) mass is 126 g/mol. The number of nitrogens with two attached hydrogens (primary N) is 1. The van der Waals surface area contributed by atoms with Crippen molar-refractivity contribution in [2.45, 2.75) is 24.8 Å². The normalized spacial score (nSPS) is 37.7. The summed E-state index contributed by atoms with van der Waals surface area (Å²) in [5.74, 6) is 0.789. The van der Waals surface area contributed by atoms with Crippen LogP contribution in [0.25, 0.3) is 0 Å². The molecule has 3 N–H and O–H groups in total. The zero-order valence-corrected chi connectivity index (χ0v) is 5.69. The van der Waals surface area contributed by atoms with Gasteiger partial charge in [-0.2, -0.15) is 0 Å². The third-order valence-corrected chi connectivity index (χ3v) is 2.82. The number of hydrogen-bond donors (Lipinski definition) is 2. The van der Waals surface area contributed by atoms with Gasteiger partial charge in [-0.05, 0) is 38.3 Å². The lowest BCUT2D eigenvalue weighted by Crippen LogP contribution is -2.32. The van der Waals surface area contributed by atoms with Gasteiger partial charge in [-0.15, -0.1) is 0 Å². The van der Waals surface area contributed by atoms with Gasteiger partial charge in [0.25, 0.3) is 0 Å². The molecule has 1 spiro atoms. The molecule has 2 fully saturated rings. The van der Waals surface area contributed by atoms with Gasteiger partial charge in [0.15, 0.2) is 0 Å². The highest BCUT2D eigenvalue weighted by Gasteiger charge is 2.50. The first-order valence-corrected chi connectivity index (χ1v) is 3.82. The lowest BCUT2D eigenvalue weighted by Gasteiger charge is -2.14. The van der Waals surface area contributed by atoms with Crippen LogP contribution in [0.5, 0.6) is 0 Å². The van der Waals surface area contributed by atoms with Gasteiger partial charge in [-0.3, -0.25) is 0 Å². The van der Waals surface area contributed by atoms with Crippen molar-refractivity contribution in [1.82, 2.24) is 5.32 Å². The number of rotatable bonds is 1. The van der Waals surface area contributed by atoms with Gasteiger partial charge in [-0.25, -0.2) is 0 Å². The summed E-state index contributed by atoms with van der Waals surface area (Å²) < 4.78 is 0. The van der Waals surface area contributed by atoms with E-state index in [0.717, 1.165) is 12.5 Å². The molecule has 0 bridgehead atoms. The fourth-order valence-electron chi connectivity index (χ4n) is 1.98. The fraction of sp³-hybridized carbons (Fsp3) is 1.00. The molecule has 1 aliphatic carbocycles. The van der Waals surface area contributed by atoms with Gasteiger partial charge in [0.1, 0.15) is 0 Å². The smallest absolute Gasteiger partial charge is 0.0223 e. The maximum Gasteiger partial charge on any atom is 0.0223 e. The zero-order chi connectivity index (χ0) is 6.32. The van der Waals surface area contributed by atoms with E-state index >= 15 is 0 Å². The van der Waals surface area contributed by atoms with E-state index in [4.69, 9.17) is 5.73 Å². The number of nitrogens with one attached hydrogen (secondary N) is 1. The van der Waals surface area contributed by atoms with Crippen LogP contribution >= 0.6 is 0 Å². The van der Waals surface area contributed by atoms with Crippen LogP contribution in [0, 0.1) is 5.92 Å². The van der Waals surface area contributed by atoms with E-state index in [0.29, 0.717) is 5.54 Å². The molecule has 0 radical (unpaired) electrons. The van der Waals surface area contributed by atoms with Gasteiger partial charge < -0.3 is 11.1 Å². The Morgan fingerprint density at radius 3 is 2.78 bits per heavy atom. The Morgan fingerprint density at radius 2 is 2.33 bits per heavy atom. The Bertz CT molecular complexity index is 118. The van der Waals surface area contributed by atoms with Crippen LogP contribution in [0.4, 0.5) is 0 Å². The maximum absolute atomic E-state index is 5.61. The van der Waals surface area contributed by atoms with Crippen molar-refractivity contribution in [3.63, 3.8) is 0 Å². The van der Waals surface area contributed by atoms with Crippen molar-refractivity contribution in [3.05, 3.63) is 0 Å². The Hall–Kier alpha value is -0.0800. The predicted octanol–water partition coefficient (Wildman–Crippen LogP) is 0.0872. The van der Waals surface area contributed by atoms with E-state index in [1.807, 2.05) is 0 Å². The summed E-state index contributed by atoms with van der Waals surface area (Å²) in [6.45, 7) is 2.08. The van der Waals surface area contributed by atoms with E-state index in [1.54, 1.807) is 0 Å². The topological polar surface area (TPSA) is 38.0 Å². The minimum Gasteiger partial charge on any atom is -0.330 e. The number of hydrogen-bond acceptors (Lipinski definition) is 2. The van der Waals surface area contributed by atoms with Crippen molar-refractivity contribution in [3.8, 4) is 0 Å². The lowest BCUT2D eigenvalue weighted by molar-refractivity contribution is 0.440. The highest BCUT2D eigenvalue weighted by molar-refractivity contribution is 5.10. The summed E-state index contributed by atoms with van der Waals surface area (Å²) in [5, 5.41) is 3.53. The van der Waals surface area contributed by atoms with Crippen LogP contribution in [-0.4, -0.2) is 18.6 Å². The fourth-order valence-corrected chi connectivity index (χ4v) is 1.98. The molecule has 0 aromatic rings. The molecule has 0 aromatic carbocycles. The van der Waals surface area contributed by atoms with Crippen LogP contribution in [0.1, 0.15) is 19.3 Å². The summed E-state index contributed by atoms with van der Waals surface area (Å²) in [5.41, 5.74) is 6.15. The first-order valence-electron chi connectivity index (χ1n) is 3.82. The molecule has 52 valence electrons. The molecule has 2 rings (SSSR count). The quantitative estimate of drug-likeness (QED) is 0.522. The van der Waals surface area contributed by atoms with Crippen molar-refractivity contribution < 1.29 is 0 Å². The van der Waals surface area contributed by atoms with Gasteiger partial charge in [0.05, 0.1) is 0 Å². The molecule has 9 heavy (non-hydrogen) atoms. The maximum atomic E-state index is 5.61. The highest BCUT2D eigenvalue weighted by atomic mass is 15.1. The minimum atomic E-state index is 0.536. The average Bonchev–Trinajstić information content (AvgIpc) is 2.45. The Morgan fingerprint density at radius 1 is 1.56 bits per heavy atom. The third kappa shape index (κ3) is 0.700. The standard InChI is InChI=1S/C7H14N2/c8-5-6-1-4-9-7(6)2-3-7/h6,9H,1-5,8H2. The SMILES string of the molecule is NCC1CCNC12CC2. The lowest BCUT2D eigenvalue weighted by atomic mass is 9.99. The molecule has 1 saturated carbocycles. The second kappa shape index (κ2) is 1.70. The molecular formula is C7H14N2. The predicted molar refractivity (Wildman–Crippen MR) is 37.1 cm³/mol. The van der Waals surface area contributed by atoms with Crippen molar-refractivity contribution in [2.75, 3.05) is 13.1 Å². The van der Waals surface area contributed by atoms with E-state index in [-0.39, 0.29) is 0 Å². The zero-order valence-electron chi connectivity index (χ0n) is 5.69. The highest BCUT2D eigenvalue weighted by Crippen LogP contribution is 2.46. The Balaban J connectivity index is 2.05. The molecule has 2 aliphatic rings. The molecular weight excluding hydrogens is 112 g/mol. The second-order valence-electron chi connectivity index (χ2n) is 3.30. The third-order valence-electron chi connectivity index (χ3n) is 2.82. The summed E-state index contributed by atoms with van der Waals surface area (Å²) in [6.07, 6.45) is 4.04. The molecule has 2 heteroatoms. The van der Waals surface area contributed by atoms with E-state index in [2.05, 4.69) is 5.32 Å². The summed E-state index contributed by atoms with van der Waals surface area (Å²) >= 11 is 0. The van der Waals surface area contributed by atoms with Crippen LogP contribution in [0.3, 0.4) is 0 Å². The first-order chi connectivity index (χ1) is 4.37. The summed E-state index contributed by atoms with van der Waals surface area (Å²) in [7, 11) is 0. The molecule has 0 aromatic heterocycles. The van der Waals surface area contributed by atoms with E-state index < -0.39 is 0 Å². The molecule has 1 aliphatic heterocycles. The van der Waals surface area contributed by atoms with Crippen LogP contribution < -0.4 is 11.1 Å². The molecule has 2 nitrogen and oxygen atoms in total. The van der Waals surface area contributed by atoms with Gasteiger partial charge in [0.2, 0.25) is 0 Å². The molecule has 1 saturated heterocycles. The van der Waals surface area contributed by atoms with Crippen LogP contribution in [0.15, 0.2) is 0 Å². The van der Waals surface area contributed by atoms with Gasteiger partial charge >= 0.3 is 0 Å². The van der Waals surface area contributed by atoms with Crippen molar-refractivity contribution >= 4 is 0 Å². The first kappa shape index (κ1) is 5.69. The molecule has 1 atom stereocenters. The van der Waals surface area contributed by atoms with Gasteiger partial charge in [-0.1, -0.05) is 0 Å². The van der Waals surface area contributed by atoms with E-state index in [1.165, 1.54) is 25.8 Å². The molecule has 0 amide bonds. The van der Waals surface area contributed by atoms with E-state index in [9.17, 15) is 0 Å². The average molecular weight is 126 g/mol. The second-order valence-corrected chi connectivity index (χ2v) is 3.30.